The molecular weight excluding hydrogens is 218 g/mol. The van der Waals surface area contributed by atoms with Crippen LogP contribution in [0, 0.1) is 5.92 Å². The minimum atomic E-state index is -0.377. The molecule has 1 aliphatic rings. The number of β-amino-alcohol motifs (C(OH)–C–C–N with tert-alkyl or cyclic N) is 1. The third-order valence-corrected chi connectivity index (χ3v) is 3.39. The topological polar surface area (TPSA) is 58.4 Å². The summed E-state index contributed by atoms with van der Waals surface area (Å²) in [6.45, 7) is 3.86. The summed E-state index contributed by atoms with van der Waals surface area (Å²) in [5.74, 6) is 0.400. The molecule has 1 amide bonds. The summed E-state index contributed by atoms with van der Waals surface area (Å²) >= 11 is 0. The Morgan fingerprint density at radius 2 is 2.41 bits per heavy atom. The van der Waals surface area contributed by atoms with Crippen LogP contribution in [0.3, 0.4) is 0 Å². The molecule has 2 atom stereocenters. The average molecular weight is 237 g/mol. The van der Waals surface area contributed by atoms with Crippen LogP contribution in [-0.2, 0) is 11.3 Å². The molecule has 5 nitrogen and oxygen atoms in total. The number of aryl methyl sites for hydroxylation is 1. The lowest BCUT2D eigenvalue weighted by atomic mass is 9.96. The number of rotatable bonds is 3. The van der Waals surface area contributed by atoms with Crippen molar-refractivity contribution in [3.8, 4) is 0 Å². The molecule has 2 unspecified atom stereocenters. The fraction of sp³-hybridized carbons (Fsp3) is 0.667. The first-order chi connectivity index (χ1) is 8.16. The zero-order chi connectivity index (χ0) is 12.3. The zero-order valence-electron chi connectivity index (χ0n) is 10.1. The number of amides is 1. The maximum atomic E-state index is 11.9. The predicted molar refractivity (Wildman–Crippen MR) is 63.2 cm³/mol. The molecule has 2 heterocycles. The second-order valence-corrected chi connectivity index (χ2v) is 4.69. The Bertz CT molecular complexity index is 364. The van der Waals surface area contributed by atoms with E-state index in [1.165, 1.54) is 0 Å². The molecule has 0 spiro atoms. The highest BCUT2D eigenvalue weighted by molar-refractivity contribution is 5.76. The molecule has 0 aliphatic carbocycles. The highest BCUT2D eigenvalue weighted by atomic mass is 16.3. The van der Waals surface area contributed by atoms with E-state index < -0.39 is 0 Å². The van der Waals surface area contributed by atoms with Gasteiger partial charge in [-0.2, -0.15) is 5.10 Å². The van der Waals surface area contributed by atoms with Crippen molar-refractivity contribution in [3.63, 3.8) is 0 Å². The zero-order valence-corrected chi connectivity index (χ0v) is 10.1. The lowest BCUT2D eigenvalue weighted by Crippen LogP contribution is -2.46. The smallest absolute Gasteiger partial charge is 0.224 e. The first-order valence-electron chi connectivity index (χ1n) is 6.10. The van der Waals surface area contributed by atoms with E-state index in [0.29, 0.717) is 25.4 Å². The molecule has 1 N–H and O–H groups in total. The van der Waals surface area contributed by atoms with Crippen LogP contribution in [0.4, 0.5) is 0 Å². The molecule has 0 aromatic carbocycles. The van der Waals surface area contributed by atoms with Gasteiger partial charge in [-0.1, -0.05) is 6.92 Å². The van der Waals surface area contributed by atoms with Crippen molar-refractivity contribution in [2.75, 3.05) is 13.1 Å². The van der Waals surface area contributed by atoms with Gasteiger partial charge in [0.05, 0.1) is 6.10 Å². The van der Waals surface area contributed by atoms with Gasteiger partial charge < -0.3 is 10.0 Å². The van der Waals surface area contributed by atoms with Crippen molar-refractivity contribution in [3.05, 3.63) is 18.5 Å². The second-order valence-electron chi connectivity index (χ2n) is 4.69. The summed E-state index contributed by atoms with van der Waals surface area (Å²) in [6, 6.07) is 1.84. The van der Waals surface area contributed by atoms with Crippen LogP contribution in [-0.4, -0.2) is 44.9 Å². The Labute approximate surface area is 101 Å². The molecule has 1 aromatic heterocycles. The van der Waals surface area contributed by atoms with Crippen molar-refractivity contribution >= 4 is 5.91 Å². The largest absolute Gasteiger partial charge is 0.391 e. The van der Waals surface area contributed by atoms with Crippen LogP contribution in [0.1, 0.15) is 19.8 Å². The maximum Gasteiger partial charge on any atom is 0.224 e. The Kier molecular flexibility index (Phi) is 3.78. The number of hydrogen-bond acceptors (Lipinski definition) is 3. The van der Waals surface area contributed by atoms with Crippen LogP contribution in [0.5, 0.6) is 0 Å². The predicted octanol–water partition coefficient (Wildman–Crippen LogP) is 0.502. The molecule has 1 aromatic rings. The number of piperidine rings is 1. The van der Waals surface area contributed by atoms with Gasteiger partial charge in [0.2, 0.25) is 5.91 Å². The molecule has 17 heavy (non-hydrogen) atoms. The van der Waals surface area contributed by atoms with E-state index in [1.807, 2.05) is 19.2 Å². The van der Waals surface area contributed by atoms with E-state index in [2.05, 4.69) is 5.10 Å². The van der Waals surface area contributed by atoms with Gasteiger partial charge in [0.1, 0.15) is 0 Å². The summed E-state index contributed by atoms with van der Waals surface area (Å²) in [6.07, 6.45) is 4.51. The molecule has 5 heteroatoms. The second kappa shape index (κ2) is 5.31. The number of carbonyl (C=O) groups is 1. The minimum Gasteiger partial charge on any atom is -0.391 e. The number of aromatic nitrogens is 2. The molecule has 0 bridgehead atoms. The van der Waals surface area contributed by atoms with E-state index in [9.17, 15) is 9.90 Å². The number of likely N-dealkylation sites (tertiary alicyclic amines) is 1. The normalized spacial score (nSPS) is 24.9. The third-order valence-electron chi connectivity index (χ3n) is 3.39. The summed E-state index contributed by atoms with van der Waals surface area (Å²) in [7, 11) is 0. The van der Waals surface area contributed by atoms with Gasteiger partial charge in [0.15, 0.2) is 0 Å². The van der Waals surface area contributed by atoms with Gasteiger partial charge in [-0.05, 0) is 18.4 Å². The molecule has 94 valence electrons. The molecular formula is C12H19N3O2. The van der Waals surface area contributed by atoms with Crippen LogP contribution < -0.4 is 0 Å². The van der Waals surface area contributed by atoms with E-state index in [0.717, 1.165) is 13.0 Å². The highest BCUT2D eigenvalue weighted by Gasteiger charge is 2.26. The maximum absolute atomic E-state index is 11.9. The standard InChI is InChI=1S/C12H19N3O2/c1-10-3-7-14(9-11(10)16)12(17)4-8-15-6-2-5-13-15/h2,5-6,10-11,16H,3-4,7-9H2,1H3. The molecule has 2 rings (SSSR count). The van der Waals surface area contributed by atoms with E-state index >= 15 is 0 Å². The van der Waals surface area contributed by atoms with Gasteiger partial charge in [-0.3, -0.25) is 9.48 Å². The average Bonchev–Trinajstić information content (AvgIpc) is 2.82. The van der Waals surface area contributed by atoms with Crippen molar-refractivity contribution in [2.24, 2.45) is 5.92 Å². The SMILES string of the molecule is CC1CCN(C(=O)CCn2cccn2)CC1O. The van der Waals surface area contributed by atoms with Crippen molar-refractivity contribution in [2.45, 2.75) is 32.4 Å². The van der Waals surface area contributed by atoms with E-state index in [4.69, 9.17) is 0 Å². The van der Waals surface area contributed by atoms with Gasteiger partial charge in [-0.15, -0.1) is 0 Å². The monoisotopic (exact) mass is 237 g/mol. The van der Waals surface area contributed by atoms with Gasteiger partial charge in [0, 0.05) is 38.4 Å². The first-order valence-corrected chi connectivity index (χ1v) is 6.10. The number of aliphatic hydroxyl groups excluding tert-OH is 1. The quantitative estimate of drug-likeness (QED) is 0.833. The fourth-order valence-corrected chi connectivity index (χ4v) is 2.08. The van der Waals surface area contributed by atoms with Gasteiger partial charge in [-0.25, -0.2) is 0 Å². The third kappa shape index (κ3) is 3.06. The van der Waals surface area contributed by atoms with Crippen LogP contribution in [0.2, 0.25) is 0 Å². The van der Waals surface area contributed by atoms with Crippen LogP contribution >= 0.6 is 0 Å². The Morgan fingerprint density at radius 3 is 3.06 bits per heavy atom. The van der Waals surface area contributed by atoms with E-state index in [1.54, 1.807) is 15.8 Å². The molecule has 0 radical (unpaired) electrons. The Morgan fingerprint density at radius 1 is 1.59 bits per heavy atom. The summed E-state index contributed by atoms with van der Waals surface area (Å²) in [5.41, 5.74) is 0. The van der Waals surface area contributed by atoms with Crippen LogP contribution in [0.15, 0.2) is 18.5 Å². The highest BCUT2D eigenvalue weighted by Crippen LogP contribution is 2.17. The number of aliphatic hydroxyl groups is 1. The van der Waals surface area contributed by atoms with Crippen molar-refractivity contribution in [1.82, 2.24) is 14.7 Å². The van der Waals surface area contributed by atoms with Crippen molar-refractivity contribution < 1.29 is 9.90 Å². The molecule has 1 saturated heterocycles. The summed E-state index contributed by atoms with van der Waals surface area (Å²) < 4.78 is 1.75. The summed E-state index contributed by atoms with van der Waals surface area (Å²) in [5, 5.41) is 13.8. The molecule has 0 saturated carbocycles. The van der Waals surface area contributed by atoms with Gasteiger partial charge in [0.25, 0.3) is 0 Å². The first kappa shape index (κ1) is 12.1. The summed E-state index contributed by atoms with van der Waals surface area (Å²) in [4.78, 5) is 13.7. The Balaban J connectivity index is 1.80. The van der Waals surface area contributed by atoms with Crippen molar-refractivity contribution in [1.29, 1.82) is 0 Å². The lowest BCUT2D eigenvalue weighted by molar-refractivity contribution is -0.135. The lowest BCUT2D eigenvalue weighted by Gasteiger charge is -2.34. The van der Waals surface area contributed by atoms with E-state index in [-0.39, 0.29) is 12.0 Å². The number of hydrogen-bond donors (Lipinski definition) is 1. The van der Waals surface area contributed by atoms with Crippen LogP contribution in [0.25, 0.3) is 0 Å². The number of nitrogens with zero attached hydrogens (tertiary/aromatic N) is 3. The molecule has 1 fully saturated rings. The van der Waals surface area contributed by atoms with Gasteiger partial charge >= 0.3 is 0 Å². The fourth-order valence-electron chi connectivity index (χ4n) is 2.08. The number of carbonyl (C=O) groups excluding carboxylic acids is 1. The Hall–Kier alpha value is -1.36. The minimum absolute atomic E-state index is 0.103. The molecule has 1 aliphatic heterocycles.